The van der Waals surface area contributed by atoms with Crippen molar-refractivity contribution in [2.45, 2.75) is 12.5 Å². The van der Waals surface area contributed by atoms with Crippen LogP contribution in [0.3, 0.4) is 0 Å². The number of rotatable bonds is 4. The Morgan fingerprint density at radius 2 is 2.16 bits per heavy atom. The Morgan fingerprint density at radius 1 is 1.47 bits per heavy atom. The Bertz CT molecular complexity index is 461. The highest BCUT2D eigenvalue weighted by atomic mass is 35.5. The zero-order chi connectivity index (χ0) is 13.8. The van der Waals surface area contributed by atoms with Crippen LogP contribution in [-0.2, 0) is 16.0 Å². The number of morpholine rings is 1. The van der Waals surface area contributed by atoms with Crippen LogP contribution in [-0.4, -0.2) is 43.4 Å². The molecule has 1 aliphatic rings. The van der Waals surface area contributed by atoms with Gasteiger partial charge in [0.1, 0.15) is 6.04 Å². The molecule has 0 amide bonds. The third-order valence-electron chi connectivity index (χ3n) is 3.15. The number of anilines is 1. The molecule has 0 spiro atoms. The highest BCUT2D eigenvalue weighted by Gasteiger charge is 2.19. The first-order chi connectivity index (χ1) is 9.08. The number of halogens is 1. The van der Waals surface area contributed by atoms with Gasteiger partial charge in [-0.25, -0.2) is 0 Å². The predicted molar refractivity (Wildman–Crippen MR) is 73.8 cm³/mol. The summed E-state index contributed by atoms with van der Waals surface area (Å²) in [6, 6.07) is 4.59. The van der Waals surface area contributed by atoms with Gasteiger partial charge < -0.3 is 20.5 Å². The summed E-state index contributed by atoms with van der Waals surface area (Å²) in [6.07, 6.45) is 0.266. The summed E-state index contributed by atoms with van der Waals surface area (Å²) in [5, 5.41) is 9.51. The Labute approximate surface area is 116 Å². The molecule has 1 fully saturated rings. The predicted octanol–water partition coefficient (Wildman–Crippen LogP) is 1.13. The van der Waals surface area contributed by atoms with Crippen LogP contribution < -0.4 is 10.6 Å². The summed E-state index contributed by atoms with van der Waals surface area (Å²) < 4.78 is 5.32. The van der Waals surface area contributed by atoms with Crippen molar-refractivity contribution in [3.63, 3.8) is 0 Å². The molecule has 1 atom stereocenters. The Kier molecular flexibility index (Phi) is 4.63. The highest BCUT2D eigenvalue weighted by Crippen LogP contribution is 2.26. The van der Waals surface area contributed by atoms with Crippen LogP contribution in [0.2, 0.25) is 5.02 Å². The molecule has 1 aliphatic heterocycles. The summed E-state index contributed by atoms with van der Waals surface area (Å²) in [6.45, 7) is 2.92. The van der Waals surface area contributed by atoms with Gasteiger partial charge in [-0.2, -0.15) is 0 Å². The molecular weight excluding hydrogens is 268 g/mol. The van der Waals surface area contributed by atoms with Gasteiger partial charge in [0.25, 0.3) is 0 Å². The Balaban J connectivity index is 2.24. The van der Waals surface area contributed by atoms with Crippen molar-refractivity contribution in [1.82, 2.24) is 0 Å². The Morgan fingerprint density at radius 3 is 2.79 bits per heavy atom. The summed E-state index contributed by atoms with van der Waals surface area (Å²) in [7, 11) is 0. The lowest BCUT2D eigenvalue weighted by Crippen LogP contribution is -2.38. The lowest BCUT2D eigenvalue weighted by atomic mass is 10.0. The first-order valence-corrected chi connectivity index (χ1v) is 6.55. The van der Waals surface area contributed by atoms with Gasteiger partial charge in [-0.15, -0.1) is 0 Å². The van der Waals surface area contributed by atoms with Gasteiger partial charge in [-0.05, 0) is 23.8 Å². The van der Waals surface area contributed by atoms with Crippen molar-refractivity contribution in [3.8, 4) is 0 Å². The van der Waals surface area contributed by atoms with E-state index < -0.39 is 12.0 Å². The molecule has 0 aliphatic carbocycles. The average molecular weight is 285 g/mol. The standard InChI is InChI=1S/C13H17ClN2O3/c14-10-1-2-12(16-3-5-19-6-4-16)9(7-10)8-11(15)13(17)18/h1-2,7,11H,3-6,8,15H2,(H,17,18). The number of carbonyl (C=O) groups is 1. The quantitative estimate of drug-likeness (QED) is 0.867. The molecule has 0 saturated carbocycles. The lowest BCUT2D eigenvalue weighted by molar-refractivity contribution is -0.138. The van der Waals surface area contributed by atoms with Crippen LogP contribution in [0.25, 0.3) is 0 Å². The van der Waals surface area contributed by atoms with Crippen LogP contribution in [0.15, 0.2) is 18.2 Å². The SMILES string of the molecule is NC(Cc1cc(Cl)ccc1N1CCOCC1)C(=O)O. The molecule has 0 radical (unpaired) electrons. The fourth-order valence-electron chi connectivity index (χ4n) is 2.15. The van der Waals surface area contributed by atoms with Gasteiger partial charge in [0.2, 0.25) is 0 Å². The van der Waals surface area contributed by atoms with Crippen molar-refractivity contribution in [2.75, 3.05) is 31.2 Å². The zero-order valence-electron chi connectivity index (χ0n) is 10.5. The van der Waals surface area contributed by atoms with Gasteiger partial charge in [-0.3, -0.25) is 4.79 Å². The summed E-state index contributed by atoms with van der Waals surface area (Å²) >= 11 is 5.99. The van der Waals surface area contributed by atoms with E-state index in [1.165, 1.54) is 0 Å². The molecule has 5 nitrogen and oxygen atoms in total. The van der Waals surface area contributed by atoms with E-state index in [0.29, 0.717) is 18.2 Å². The van der Waals surface area contributed by atoms with E-state index in [2.05, 4.69) is 4.90 Å². The number of benzene rings is 1. The monoisotopic (exact) mass is 284 g/mol. The number of ether oxygens (including phenoxy) is 1. The van der Waals surface area contributed by atoms with E-state index in [1.54, 1.807) is 6.07 Å². The molecule has 104 valence electrons. The zero-order valence-corrected chi connectivity index (χ0v) is 11.3. The Hall–Kier alpha value is -1.30. The first kappa shape index (κ1) is 14.1. The van der Waals surface area contributed by atoms with E-state index in [-0.39, 0.29) is 6.42 Å². The van der Waals surface area contributed by atoms with Crippen molar-refractivity contribution >= 4 is 23.3 Å². The van der Waals surface area contributed by atoms with Gasteiger partial charge in [-0.1, -0.05) is 11.6 Å². The normalized spacial score (nSPS) is 17.3. The first-order valence-electron chi connectivity index (χ1n) is 6.17. The largest absolute Gasteiger partial charge is 0.480 e. The molecule has 3 N–H and O–H groups in total. The van der Waals surface area contributed by atoms with Crippen LogP contribution in [0, 0.1) is 0 Å². The van der Waals surface area contributed by atoms with Gasteiger partial charge >= 0.3 is 5.97 Å². The topological polar surface area (TPSA) is 75.8 Å². The third kappa shape index (κ3) is 3.59. The minimum absolute atomic E-state index is 0.266. The van der Waals surface area contributed by atoms with E-state index in [0.717, 1.165) is 24.3 Å². The van der Waals surface area contributed by atoms with Crippen LogP contribution in [0.4, 0.5) is 5.69 Å². The molecule has 6 heteroatoms. The fraction of sp³-hybridized carbons (Fsp3) is 0.462. The second kappa shape index (κ2) is 6.23. The molecule has 0 bridgehead atoms. The summed E-state index contributed by atoms with van der Waals surface area (Å²) in [5.74, 6) is -1.01. The second-order valence-corrected chi connectivity index (χ2v) is 4.96. The van der Waals surface area contributed by atoms with Crippen LogP contribution in [0.1, 0.15) is 5.56 Å². The van der Waals surface area contributed by atoms with E-state index in [4.69, 9.17) is 27.2 Å². The number of hydrogen-bond acceptors (Lipinski definition) is 4. The molecule has 1 heterocycles. The number of carboxylic acid groups (broad SMARTS) is 1. The summed E-state index contributed by atoms with van der Waals surface area (Å²) in [4.78, 5) is 13.1. The maximum Gasteiger partial charge on any atom is 0.320 e. The minimum Gasteiger partial charge on any atom is -0.480 e. The number of aliphatic carboxylic acids is 1. The van der Waals surface area contributed by atoms with Gasteiger partial charge in [0.05, 0.1) is 13.2 Å². The van der Waals surface area contributed by atoms with Crippen molar-refractivity contribution in [2.24, 2.45) is 5.73 Å². The molecule has 1 aromatic rings. The van der Waals surface area contributed by atoms with Crippen molar-refractivity contribution < 1.29 is 14.6 Å². The smallest absolute Gasteiger partial charge is 0.320 e. The maximum absolute atomic E-state index is 10.9. The summed E-state index contributed by atoms with van der Waals surface area (Å²) in [5.41, 5.74) is 7.47. The molecule has 0 aromatic heterocycles. The van der Waals surface area contributed by atoms with Gasteiger partial charge in [0, 0.05) is 30.2 Å². The average Bonchev–Trinajstić information content (AvgIpc) is 2.39. The van der Waals surface area contributed by atoms with Gasteiger partial charge in [0.15, 0.2) is 0 Å². The van der Waals surface area contributed by atoms with Crippen LogP contribution in [0.5, 0.6) is 0 Å². The minimum atomic E-state index is -1.01. The van der Waals surface area contributed by atoms with Crippen molar-refractivity contribution in [3.05, 3.63) is 28.8 Å². The molecule has 1 unspecified atom stereocenters. The molecule has 1 aromatic carbocycles. The number of nitrogens with zero attached hydrogens (tertiary/aromatic N) is 1. The molecule has 19 heavy (non-hydrogen) atoms. The number of hydrogen-bond donors (Lipinski definition) is 2. The van der Waals surface area contributed by atoms with E-state index >= 15 is 0 Å². The molecular formula is C13H17ClN2O3. The molecule has 2 rings (SSSR count). The van der Waals surface area contributed by atoms with Crippen LogP contribution >= 0.6 is 11.6 Å². The van der Waals surface area contributed by atoms with Crippen molar-refractivity contribution in [1.29, 1.82) is 0 Å². The molecule has 1 saturated heterocycles. The number of nitrogens with two attached hydrogens (primary N) is 1. The highest BCUT2D eigenvalue weighted by molar-refractivity contribution is 6.30. The maximum atomic E-state index is 10.9. The second-order valence-electron chi connectivity index (χ2n) is 4.52. The lowest BCUT2D eigenvalue weighted by Gasteiger charge is -2.31. The van der Waals surface area contributed by atoms with E-state index in [9.17, 15) is 4.79 Å². The number of carboxylic acids is 1. The van der Waals surface area contributed by atoms with E-state index in [1.807, 2.05) is 12.1 Å². The fourth-order valence-corrected chi connectivity index (χ4v) is 2.35. The third-order valence-corrected chi connectivity index (χ3v) is 3.39.